The van der Waals surface area contributed by atoms with Crippen LogP contribution in [-0.4, -0.2) is 46.9 Å². The first kappa shape index (κ1) is 20.1. The maximum Gasteiger partial charge on any atom is 0.163 e. The molecule has 160 valence electrons. The lowest BCUT2D eigenvalue weighted by molar-refractivity contribution is 0.101. The Balaban J connectivity index is 1.43. The summed E-state index contributed by atoms with van der Waals surface area (Å²) in [6, 6.07) is 16.5. The van der Waals surface area contributed by atoms with Gasteiger partial charge in [-0.15, -0.1) is 0 Å². The van der Waals surface area contributed by atoms with Crippen LogP contribution in [0.1, 0.15) is 17.3 Å². The van der Waals surface area contributed by atoms with Crippen LogP contribution in [0.15, 0.2) is 67.0 Å². The van der Waals surface area contributed by atoms with E-state index in [-0.39, 0.29) is 11.6 Å². The van der Waals surface area contributed by atoms with Gasteiger partial charge in [-0.1, -0.05) is 12.1 Å². The summed E-state index contributed by atoms with van der Waals surface area (Å²) in [7, 11) is 0. The van der Waals surface area contributed by atoms with Crippen molar-refractivity contribution in [1.29, 1.82) is 0 Å². The molecule has 5 rings (SSSR count). The number of ketones is 1. The second-order valence-corrected chi connectivity index (χ2v) is 7.83. The molecule has 0 spiro atoms. The summed E-state index contributed by atoms with van der Waals surface area (Å²) in [4.78, 5) is 29.6. The quantitative estimate of drug-likeness (QED) is 0.451. The lowest BCUT2D eigenvalue weighted by Gasteiger charge is -2.37. The third kappa shape index (κ3) is 3.77. The van der Waals surface area contributed by atoms with E-state index in [4.69, 9.17) is 9.97 Å². The van der Waals surface area contributed by atoms with E-state index < -0.39 is 0 Å². The van der Waals surface area contributed by atoms with Gasteiger partial charge in [0.25, 0.3) is 0 Å². The van der Waals surface area contributed by atoms with Crippen molar-refractivity contribution >= 4 is 28.2 Å². The number of carbonyl (C=O) groups is 1. The number of para-hydroxylation sites is 1. The van der Waals surface area contributed by atoms with E-state index in [1.54, 1.807) is 24.5 Å². The number of hydrogen-bond acceptors (Lipinski definition) is 6. The van der Waals surface area contributed by atoms with Gasteiger partial charge in [0.2, 0.25) is 0 Å². The minimum Gasteiger partial charge on any atom is -0.366 e. The first-order chi connectivity index (χ1) is 15.6. The van der Waals surface area contributed by atoms with Crippen molar-refractivity contribution in [2.75, 3.05) is 36.0 Å². The fourth-order valence-electron chi connectivity index (χ4n) is 4.07. The van der Waals surface area contributed by atoms with Crippen molar-refractivity contribution in [1.82, 2.24) is 15.0 Å². The Morgan fingerprint density at radius 1 is 0.938 bits per heavy atom. The normalized spacial score (nSPS) is 14.1. The third-order valence-electron chi connectivity index (χ3n) is 5.78. The van der Waals surface area contributed by atoms with Gasteiger partial charge in [0.1, 0.15) is 11.6 Å². The second-order valence-electron chi connectivity index (χ2n) is 7.83. The number of halogens is 1. The molecule has 32 heavy (non-hydrogen) atoms. The Bertz CT molecular complexity index is 1290. The molecule has 0 atom stereocenters. The van der Waals surface area contributed by atoms with Crippen molar-refractivity contribution in [2.45, 2.75) is 6.92 Å². The maximum atomic E-state index is 14.6. The molecule has 0 saturated carbocycles. The molecule has 0 bridgehead atoms. The van der Waals surface area contributed by atoms with E-state index in [9.17, 15) is 9.18 Å². The first-order valence-electron chi connectivity index (χ1n) is 10.6. The van der Waals surface area contributed by atoms with Crippen molar-refractivity contribution < 1.29 is 9.18 Å². The average Bonchev–Trinajstić information content (AvgIpc) is 2.84. The Morgan fingerprint density at radius 3 is 2.44 bits per heavy atom. The van der Waals surface area contributed by atoms with Crippen LogP contribution in [0.5, 0.6) is 0 Å². The number of nitrogens with zero attached hydrogens (tertiary/aromatic N) is 5. The van der Waals surface area contributed by atoms with Gasteiger partial charge in [-0.05, 0) is 49.4 Å². The van der Waals surface area contributed by atoms with Crippen LogP contribution in [-0.2, 0) is 0 Å². The number of benzene rings is 2. The largest absolute Gasteiger partial charge is 0.366 e. The molecule has 0 aliphatic carbocycles. The van der Waals surface area contributed by atoms with Gasteiger partial charge in [-0.25, -0.2) is 14.4 Å². The lowest BCUT2D eigenvalue weighted by atomic mass is 10.1. The maximum absolute atomic E-state index is 14.6. The van der Waals surface area contributed by atoms with Crippen LogP contribution in [0.3, 0.4) is 0 Å². The zero-order valence-electron chi connectivity index (χ0n) is 17.7. The summed E-state index contributed by atoms with van der Waals surface area (Å²) < 4.78 is 14.6. The topological polar surface area (TPSA) is 62.2 Å². The predicted octanol–water partition coefficient (Wildman–Crippen LogP) is 4.36. The van der Waals surface area contributed by atoms with E-state index in [2.05, 4.69) is 9.88 Å². The summed E-state index contributed by atoms with van der Waals surface area (Å²) in [5.41, 5.74) is 2.66. The van der Waals surface area contributed by atoms with Crippen LogP contribution in [0.2, 0.25) is 0 Å². The molecule has 1 aliphatic rings. The first-order valence-corrected chi connectivity index (χ1v) is 10.6. The molecule has 7 heteroatoms. The molecule has 0 N–H and O–H groups in total. The van der Waals surface area contributed by atoms with Crippen molar-refractivity contribution in [3.05, 3.63) is 78.4 Å². The number of aromatic nitrogens is 3. The molecule has 1 saturated heterocycles. The molecule has 2 aromatic heterocycles. The zero-order valence-corrected chi connectivity index (χ0v) is 17.7. The number of rotatable bonds is 4. The van der Waals surface area contributed by atoms with E-state index >= 15 is 0 Å². The van der Waals surface area contributed by atoms with Gasteiger partial charge in [0, 0.05) is 55.1 Å². The second kappa shape index (κ2) is 8.34. The van der Waals surface area contributed by atoms with Crippen LogP contribution >= 0.6 is 0 Å². The van der Waals surface area contributed by atoms with E-state index in [1.165, 1.54) is 13.0 Å². The van der Waals surface area contributed by atoms with Crippen LogP contribution in [0.25, 0.3) is 22.3 Å². The fourth-order valence-corrected chi connectivity index (χ4v) is 4.07. The molecule has 0 radical (unpaired) electrons. The fraction of sp³-hybridized carbons (Fsp3) is 0.200. The zero-order chi connectivity index (χ0) is 22.1. The molecule has 2 aromatic carbocycles. The molecule has 6 nitrogen and oxygen atoms in total. The molecule has 3 heterocycles. The number of carbonyl (C=O) groups excluding carboxylic acids is 1. The molecule has 0 unspecified atom stereocenters. The Morgan fingerprint density at radius 2 is 1.72 bits per heavy atom. The summed E-state index contributed by atoms with van der Waals surface area (Å²) in [6.45, 7) is 4.13. The molecule has 1 aliphatic heterocycles. The number of piperazine rings is 1. The van der Waals surface area contributed by atoms with Gasteiger partial charge in [-0.3, -0.25) is 9.78 Å². The van der Waals surface area contributed by atoms with Gasteiger partial charge in [0.05, 0.1) is 11.2 Å². The number of anilines is 2. The predicted molar refractivity (Wildman–Crippen MR) is 124 cm³/mol. The summed E-state index contributed by atoms with van der Waals surface area (Å²) in [5.74, 6) is 1.01. The van der Waals surface area contributed by atoms with Crippen molar-refractivity contribution in [3.8, 4) is 11.4 Å². The smallest absolute Gasteiger partial charge is 0.163 e. The SMILES string of the molecule is CC(=O)c1ccc(N2CCN(c3nc(-c4cccnc4)nc4ccccc34)CC2)c(F)c1. The number of hydrogen-bond donors (Lipinski definition) is 0. The Hall–Kier alpha value is -3.87. The molecular weight excluding hydrogens is 405 g/mol. The monoisotopic (exact) mass is 427 g/mol. The highest BCUT2D eigenvalue weighted by Gasteiger charge is 2.23. The highest BCUT2D eigenvalue weighted by atomic mass is 19.1. The number of Topliss-reactive ketones (excluding diaryl/α,β-unsaturated/α-hetero) is 1. The van der Waals surface area contributed by atoms with Gasteiger partial charge in [0.15, 0.2) is 11.6 Å². The number of fused-ring (bicyclic) bond motifs is 1. The van der Waals surface area contributed by atoms with Crippen molar-refractivity contribution in [3.63, 3.8) is 0 Å². The van der Waals surface area contributed by atoms with Crippen LogP contribution in [0.4, 0.5) is 15.9 Å². The molecule has 0 amide bonds. The van der Waals surface area contributed by atoms with E-state index in [0.29, 0.717) is 43.3 Å². The van der Waals surface area contributed by atoms with Gasteiger partial charge >= 0.3 is 0 Å². The Kier molecular flexibility index (Phi) is 5.23. The van der Waals surface area contributed by atoms with E-state index in [0.717, 1.165) is 22.3 Å². The molecule has 1 fully saturated rings. The number of pyridine rings is 1. The molecule has 4 aromatic rings. The highest BCUT2D eigenvalue weighted by molar-refractivity contribution is 5.94. The van der Waals surface area contributed by atoms with Crippen LogP contribution in [0, 0.1) is 5.82 Å². The minimum absolute atomic E-state index is 0.139. The van der Waals surface area contributed by atoms with Crippen molar-refractivity contribution in [2.24, 2.45) is 0 Å². The lowest BCUT2D eigenvalue weighted by Crippen LogP contribution is -2.47. The summed E-state index contributed by atoms with van der Waals surface area (Å²) in [5, 5.41) is 0.991. The Labute approximate surface area is 185 Å². The summed E-state index contributed by atoms with van der Waals surface area (Å²) in [6.07, 6.45) is 3.49. The summed E-state index contributed by atoms with van der Waals surface area (Å²) >= 11 is 0. The standard InChI is InChI=1S/C25H22FN5O/c1-17(32)18-8-9-23(21(26)15-18)30-11-13-31(14-12-30)25-20-6-2-3-7-22(20)28-24(29-25)19-5-4-10-27-16-19/h2-10,15-16H,11-14H2,1H3. The van der Waals surface area contributed by atoms with E-state index in [1.807, 2.05) is 41.3 Å². The van der Waals surface area contributed by atoms with Gasteiger partial charge in [-0.2, -0.15) is 0 Å². The van der Waals surface area contributed by atoms with Crippen LogP contribution < -0.4 is 9.80 Å². The third-order valence-corrected chi connectivity index (χ3v) is 5.78. The minimum atomic E-state index is -0.363. The van der Waals surface area contributed by atoms with Gasteiger partial charge < -0.3 is 9.80 Å². The average molecular weight is 427 g/mol. The highest BCUT2D eigenvalue weighted by Crippen LogP contribution is 2.29. The molecular formula is C25H22FN5O.